The van der Waals surface area contributed by atoms with E-state index in [9.17, 15) is 17.6 Å². The Morgan fingerprint density at radius 3 is 2.76 bits per heavy atom. The lowest BCUT2D eigenvalue weighted by Crippen LogP contribution is -2.53. The topological polar surface area (TPSA) is 78.5 Å². The van der Waals surface area contributed by atoms with Gasteiger partial charge < -0.3 is 10.2 Å². The van der Waals surface area contributed by atoms with Gasteiger partial charge in [0.2, 0.25) is 15.9 Å². The number of carbonyl (C=O) groups excluding carboxylic acids is 1. The highest BCUT2D eigenvalue weighted by atomic mass is 35.5. The number of piperidine rings is 1. The lowest BCUT2D eigenvalue weighted by atomic mass is 10.1. The number of rotatable bonds is 4. The molecule has 2 atom stereocenters. The molecule has 2 aliphatic rings. The molecule has 25 heavy (non-hydrogen) atoms. The van der Waals surface area contributed by atoms with Crippen LogP contribution in [0, 0.1) is 5.82 Å². The number of hydrogen-bond donors (Lipinski definition) is 2. The number of amides is 1. The van der Waals surface area contributed by atoms with Crippen molar-refractivity contribution in [1.29, 1.82) is 0 Å². The number of benzene rings is 1. The zero-order valence-electron chi connectivity index (χ0n) is 13.8. The maximum atomic E-state index is 13.3. The summed E-state index contributed by atoms with van der Waals surface area (Å²) in [4.78, 5) is 14.1. The molecule has 1 amide bonds. The molecule has 9 heteroatoms. The number of likely N-dealkylation sites (tertiary alicyclic amines) is 1. The average molecular weight is 392 g/mol. The first-order valence-electron chi connectivity index (χ1n) is 8.26. The monoisotopic (exact) mass is 391 g/mol. The van der Waals surface area contributed by atoms with E-state index in [1.165, 1.54) is 18.2 Å². The molecule has 6 nitrogen and oxygen atoms in total. The van der Waals surface area contributed by atoms with Crippen molar-refractivity contribution < 1.29 is 17.6 Å². The molecule has 0 aromatic heterocycles. The summed E-state index contributed by atoms with van der Waals surface area (Å²) in [7, 11) is -3.79. The van der Waals surface area contributed by atoms with Crippen molar-refractivity contribution in [2.45, 2.75) is 42.7 Å². The van der Waals surface area contributed by atoms with Gasteiger partial charge in [-0.1, -0.05) is 6.07 Å². The van der Waals surface area contributed by atoms with Crippen LogP contribution < -0.4 is 10.0 Å². The quantitative estimate of drug-likeness (QED) is 0.810. The van der Waals surface area contributed by atoms with Crippen LogP contribution in [0.3, 0.4) is 0 Å². The summed E-state index contributed by atoms with van der Waals surface area (Å²) >= 11 is 0. The summed E-state index contributed by atoms with van der Waals surface area (Å²) in [5, 5.41) is 3.18. The molecule has 2 saturated heterocycles. The van der Waals surface area contributed by atoms with Gasteiger partial charge in [-0.15, -0.1) is 12.4 Å². The minimum Gasteiger partial charge on any atom is -0.340 e. The van der Waals surface area contributed by atoms with Crippen LogP contribution in [0.25, 0.3) is 0 Å². The van der Waals surface area contributed by atoms with E-state index in [-0.39, 0.29) is 35.3 Å². The van der Waals surface area contributed by atoms with Crippen LogP contribution in [0.15, 0.2) is 29.2 Å². The second kappa shape index (κ2) is 8.44. The molecule has 0 saturated carbocycles. The average Bonchev–Trinajstić information content (AvgIpc) is 3.08. The lowest BCUT2D eigenvalue weighted by molar-refractivity contribution is -0.134. The first-order valence-corrected chi connectivity index (χ1v) is 9.74. The molecule has 140 valence electrons. The van der Waals surface area contributed by atoms with Gasteiger partial charge >= 0.3 is 0 Å². The second-order valence-electron chi connectivity index (χ2n) is 6.35. The number of hydrogen-bond acceptors (Lipinski definition) is 4. The summed E-state index contributed by atoms with van der Waals surface area (Å²) in [6.45, 7) is 1.85. The highest BCUT2D eigenvalue weighted by molar-refractivity contribution is 7.89. The first-order chi connectivity index (χ1) is 11.5. The Labute approximate surface area is 153 Å². The number of carbonyl (C=O) groups is 1. The van der Waals surface area contributed by atoms with Gasteiger partial charge in [0.25, 0.3) is 0 Å². The molecule has 2 fully saturated rings. The van der Waals surface area contributed by atoms with Crippen LogP contribution in [0.5, 0.6) is 0 Å². The van der Waals surface area contributed by atoms with E-state index in [4.69, 9.17) is 0 Å². The summed E-state index contributed by atoms with van der Waals surface area (Å²) in [6.07, 6.45) is 3.22. The number of halogens is 2. The Morgan fingerprint density at radius 1 is 1.28 bits per heavy atom. The van der Waals surface area contributed by atoms with Crippen molar-refractivity contribution in [3.8, 4) is 0 Å². The van der Waals surface area contributed by atoms with E-state index >= 15 is 0 Å². The van der Waals surface area contributed by atoms with Crippen LogP contribution in [-0.4, -0.2) is 50.9 Å². The zero-order valence-corrected chi connectivity index (χ0v) is 15.4. The first kappa shape index (κ1) is 20.1. The van der Waals surface area contributed by atoms with E-state index in [2.05, 4.69) is 10.0 Å². The summed E-state index contributed by atoms with van der Waals surface area (Å²) < 4.78 is 40.7. The molecule has 0 spiro atoms. The summed E-state index contributed by atoms with van der Waals surface area (Å²) in [6, 6.07) is 4.43. The van der Waals surface area contributed by atoms with E-state index in [0.29, 0.717) is 19.5 Å². The Kier molecular flexibility index (Phi) is 6.79. The SMILES string of the molecule is Cl.O=C(C1CCCN1)N1CCCC(NS(=O)(=O)c2cccc(F)c2)C1. The third-order valence-electron chi connectivity index (χ3n) is 4.52. The number of nitrogens with zero attached hydrogens (tertiary/aromatic N) is 1. The Hall–Kier alpha value is -1.22. The molecule has 0 radical (unpaired) electrons. The predicted octanol–water partition coefficient (Wildman–Crippen LogP) is 1.27. The Morgan fingerprint density at radius 2 is 2.08 bits per heavy atom. The molecule has 2 unspecified atom stereocenters. The third kappa shape index (κ3) is 4.91. The molecular weight excluding hydrogens is 369 g/mol. The van der Waals surface area contributed by atoms with Crippen molar-refractivity contribution in [3.05, 3.63) is 30.1 Å². The molecule has 1 aromatic rings. The summed E-state index contributed by atoms with van der Waals surface area (Å²) in [5.74, 6) is -0.548. The van der Waals surface area contributed by atoms with Crippen molar-refractivity contribution in [3.63, 3.8) is 0 Å². The van der Waals surface area contributed by atoms with Gasteiger partial charge in [0, 0.05) is 19.1 Å². The van der Waals surface area contributed by atoms with E-state index < -0.39 is 15.8 Å². The zero-order chi connectivity index (χ0) is 17.2. The number of sulfonamides is 1. The van der Waals surface area contributed by atoms with Crippen LogP contribution in [0.2, 0.25) is 0 Å². The van der Waals surface area contributed by atoms with Crippen LogP contribution >= 0.6 is 12.4 Å². The van der Waals surface area contributed by atoms with Crippen molar-refractivity contribution in [2.75, 3.05) is 19.6 Å². The molecule has 2 aliphatic heterocycles. The predicted molar refractivity (Wildman–Crippen MR) is 94.6 cm³/mol. The molecule has 3 rings (SSSR count). The molecule has 2 N–H and O–H groups in total. The minimum atomic E-state index is -3.79. The van der Waals surface area contributed by atoms with Crippen LogP contribution in [-0.2, 0) is 14.8 Å². The number of nitrogens with one attached hydrogen (secondary N) is 2. The Balaban J connectivity index is 0.00000225. The van der Waals surface area contributed by atoms with Crippen LogP contribution in [0.1, 0.15) is 25.7 Å². The van der Waals surface area contributed by atoms with Gasteiger partial charge in [0.05, 0.1) is 10.9 Å². The molecule has 2 heterocycles. The molecule has 0 aliphatic carbocycles. The fraction of sp³-hybridized carbons (Fsp3) is 0.562. The van der Waals surface area contributed by atoms with Gasteiger partial charge in [-0.2, -0.15) is 0 Å². The lowest BCUT2D eigenvalue weighted by Gasteiger charge is -2.34. The molecule has 1 aromatic carbocycles. The van der Waals surface area contributed by atoms with Crippen LogP contribution in [0.4, 0.5) is 4.39 Å². The van der Waals surface area contributed by atoms with Gasteiger partial charge in [-0.25, -0.2) is 17.5 Å². The molecular formula is C16H23ClFN3O3S. The van der Waals surface area contributed by atoms with E-state index in [1.54, 1.807) is 4.90 Å². The van der Waals surface area contributed by atoms with Crippen molar-refractivity contribution >= 4 is 28.3 Å². The fourth-order valence-electron chi connectivity index (χ4n) is 3.31. The highest BCUT2D eigenvalue weighted by Crippen LogP contribution is 2.17. The normalized spacial score (nSPS) is 24.0. The van der Waals surface area contributed by atoms with Gasteiger partial charge in [0.15, 0.2) is 0 Å². The second-order valence-corrected chi connectivity index (χ2v) is 8.06. The van der Waals surface area contributed by atoms with E-state index in [1.807, 2.05) is 0 Å². The maximum Gasteiger partial charge on any atom is 0.240 e. The Bertz CT molecular complexity index is 710. The van der Waals surface area contributed by atoms with Gasteiger partial charge in [-0.05, 0) is 50.4 Å². The third-order valence-corrected chi connectivity index (χ3v) is 6.04. The minimum absolute atomic E-state index is 0. The van der Waals surface area contributed by atoms with Crippen molar-refractivity contribution in [2.24, 2.45) is 0 Å². The standard InChI is InChI=1S/C16H22FN3O3S.ClH/c17-12-4-1-6-14(10-12)24(22,23)19-13-5-3-9-20(11-13)16(21)15-7-2-8-18-15;/h1,4,6,10,13,15,18-19H,2-3,5,7-9,11H2;1H. The van der Waals surface area contributed by atoms with Gasteiger partial charge in [-0.3, -0.25) is 4.79 Å². The fourth-order valence-corrected chi connectivity index (χ4v) is 4.60. The maximum absolute atomic E-state index is 13.3. The largest absolute Gasteiger partial charge is 0.340 e. The summed E-state index contributed by atoms with van der Waals surface area (Å²) in [5.41, 5.74) is 0. The van der Waals surface area contributed by atoms with Crippen molar-refractivity contribution in [1.82, 2.24) is 14.9 Å². The highest BCUT2D eigenvalue weighted by Gasteiger charge is 2.32. The molecule has 0 bridgehead atoms. The smallest absolute Gasteiger partial charge is 0.240 e. The van der Waals surface area contributed by atoms with E-state index in [0.717, 1.165) is 31.9 Å². The van der Waals surface area contributed by atoms with Gasteiger partial charge in [0.1, 0.15) is 5.82 Å².